The molecule has 0 aliphatic carbocycles. The van der Waals surface area contributed by atoms with Gasteiger partial charge in [0.25, 0.3) is 0 Å². The number of methoxy groups -OCH3 is 2. The SMILES string of the molecule is COC(=O)c1cccc(-n2c(C)cc([C@@H]3[C@H](c4ccccn4)NC(=S)N3c3ccc(OC)cc3)c2C)c1. The van der Waals surface area contributed by atoms with Gasteiger partial charge < -0.3 is 24.3 Å². The Bertz CT molecular complexity index is 1450. The third-order valence-electron chi connectivity index (χ3n) is 6.76. The number of nitrogens with one attached hydrogen (secondary N) is 1. The summed E-state index contributed by atoms with van der Waals surface area (Å²) in [6, 6.07) is 23.2. The number of carbonyl (C=O) groups is 1. The van der Waals surface area contributed by atoms with Crippen molar-refractivity contribution < 1.29 is 14.3 Å². The fourth-order valence-corrected chi connectivity index (χ4v) is 5.41. The molecule has 0 bridgehead atoms. The van der Waals surface area contributed by atoms with Gasteiger partial charge in [-0.3, -0.25) is 4.98 Å². The molecular weight excluding hydrogens is 484 g/mol. The van der Waals surface area contributed by atoms with Crippen molar-refractivity contribution in [3.63, 3.8) is 0 Å². The van der Waals surface area contributed by atoms with Gasteiger partial charge in [0.1, 0.15) is 5.75 Å². The van der Waals surface area contributed by atoms with E-state index in [1.165, 1.54) is 7.11 Å². The minimum atomic E-state index is -0.365. The number of nitrogens with zero attached hydrogens (tertiary/aromatic N) is 3. The lowest BCUT2D eigenvalue weighted by Gasteiger charge is -2.28. The molecule has 37 heavy (non-hydrogen) atoms. The molecule has 2 aromatic carbocycles. The first-order valence-electron chi connectivity index (χ1n) is 11.9. The summed E-state index contributed by atoms with van der Waals surface area (Å²) in [6.45, 7) is 4.16. The molecule has 0 spiro atoms. The van der Waals surface area contributed by atoms with Crippen LogP contribution in [-0.4, -0.2) is 34.9 Å². The first-order valence-corrected chi connectivity index (χ1v) is 12.4. The molecule has 1 N–H and O–H groups in total. The standard InChI is InChI=1S/C29H28N4O3S/c1-18-16-24(19(2)32(18)22-9-7-8-20(17-22)28(34)36-4)27-26(25-10-5-6-15-30-25)31-29(37)33(27)21-11-13-23(35-3)14-12-21/h5-17,26-27H,1-4H3,(H,31,37)/t26-,27+/m0/s1. The Kier molecular flexibility index (Phi) is 6.67. The predicted octanol–water partition coefficient (Wildman–Crippen LogP) is 5.46. The Labute approximate surface area is 221 Å². The van der Waals surface area contributed by atoms with Crippen LogP contribution in [0.2, 0.25) is 0 Å². The average Bonchev–Trinajstić information content (AvgIpc) is 3.43. The van der Waals surface area contributed by atoms with E-state index in [4.69, 9.17) is 21.7 Å². The monoisotopic (exact) mass is 512 g/mol. The largest absolute Gasteiger partial charge is 0.497 e. The molecule has 1 saturated heterocycles. The fourth-order valence-electron chi connectivity index (χ4n) is 5.07. The molecule has 0 amide bonds. The van der Waals surface area contributed by atoms with E-state index in [2.05, 4.69) is 39.7 Å². The zero-order valence-electron chi connectivity index (χ0n) is 21.1. The highest BCUT2D eigenvalue weighted by molar-refractivity contribution is 7.80. The summed E-state index contributed by atoms with van der Waals surface area (Å²) in [4.78, 5) is 19.0. The molecule has 3 heterocycles. The van der Waals surface area contributed by atoms with Gasteiger partial charge in [-0.2, -0.15) is 0 Å². The molecule has 0 radical (unpaired) electrons. The minimum absolute atomic E-state index is 0.153. The molecule has 4 aromatic rings. The lowest BCUT2D eigenvalue weighted by Crippen LogP contribution is -2.29. The van der Waals surface area contributed by atoms with Crippen molar-refractivity contribution in [1.29, 1.82) is 0 Å². The molecule has 1 aliphatic heterocycles. The number of anilines is 1. The molecule has 0 saturated carbocycles. The number of hydrogen-bond acceptors (Lipinski definition) is 5. The molecule has 188 valence electrons. The fraction of sp³-hybridized carbons (Fsp3) is 0.207. The van der Waals surface area contributed by atoms with E-state index in [0.717, 1.165) is 39.8 Å². The van der Waals surface area contributed by atoms with Crippen LogP contribution in [0.4, 0.5) is 5.69 Å². The number of pyridine rings is 1. The van der Waals surface area contributed by atoms with E-state index in [9.17, 15) is 4.79 Å². The van der Waals surface area contributed by atoms with Crippen molar-refractivity contribution in [1.82, 2.24) is 14.9 Å². The van der Waals surface area contributed by atoms with E-state index >= 15 is 0 Å². The zero-order valence-corrected chi connectivity index (χ0v) is 22.0. The van der Waals surface area contributed by atoms with Gasteiger partial charge in [0.2, 0.25) is 0 Å². The highest BCUT2D eigenvalue weighted by Crippen LogP contribution is 2.44. The smallest absolute Gasteiger partial charge is 0.337 e. The quantitative estimate of drug-likeness (QED) is 0.272. The van der Waals surface area contributed by atoms with Crippen molar-refractivity contribution in [3.8, 4) is 11.4 Å². The lowest BCUT2D eigenvalue weighted by atomic mass is 9.96. The second-order valence-corrected chi connectivity index (χ2v) is 9.29. The Morgan fingerprint density at radius 1 is 0.973 bits per heavy atom. The normalized spacial score (nSPS) is 17.0. The maximum Gasteiger partial charge on any atom is 0.337 e. The number of aryl methyl sites for hydroxylation is 1. The van der Waals surface area contributed by atoms with Crippen molar-refractivity contribution in [2.24, 2.45) is 0 Å². The van der Waals surface area contributed by atoms with Crippen LogP contribution in [-0.2, 0) is 4.74 Å². The van der Waals surface area contributed by atoms with Gasteiger partial charge in [0, 0.05) is 29.0 Å². The molecule has 2 atom stereocenters. The summed E-state index contributed by atoms with van der Waals surface area (Å²) < 4.78 is 12.5. The zero-order chi connectivity index (χ0) is 26.1. The van der Waals surface area contributed by atoms with Crippen molar-refractivity contribution in [3.05, 3.63) is 107 Å². The maximum atomic E-state index is 12.2. The summed E-state index contributed by atoms with van der Waals surface area (Å²) in [5.41, 5.74) is 6.46. The second kappa shape index (κ2) is 10.1. The number of thiocarbonyl (C=S) groups is 1. The number of benzene rings is 2. The van der Waals surface area contributed by atoms with Gasteiger partial charge in [-0.05, 0) is 92.3 Å². The van der Waals surface area contributed by atoms with Crippen LogP contribution in [0, 0.1) is 13.8 Å². The van der Waals surface area contributed by atoms with Crippen LogP contribution in [0.15, 0.2) is 79.0 Å². The summed E-state index contributed by atoms with van der Waals surface area (Å²) in [6.07, 6.45) is 1.80. The van der Waals surface area contributed by atoms with Crippen molar-refractivity contribution in [2.45, 2.75) is 25.9 Å². The van der Waals surface area contributed by atoms with Crippen molar-refractivity contribution >= 4 is 29.0 Å². The Balaban J connectivity index is 1.65. The molecule has 1 fully saturated rings. The first-order chi connectivity index (χ1) is 17.9. The molecule has 5 rings (SSSR count). The Morgan fingerprint density at radius 3 is 2.43 bits per heavy atom. The van der Waals surface area contributed by atoms with Crippen LogP contribution >= 0.6 is 12.2 Å². The van der Waals surface area contributed by atoms with Gasteiger partial charge in [-0.1, -0.05) is 12.1 Å². The minimum Gasteiger partial charge on any atom is -0.497 e. The highest BCUT2D eigenvalue weighted by Gasteiger charge is 2.42. The predicted molar refractivity (Wildman–Crippen MR) is 148 cm³/mol. The Hall–Kier alpha value is -4.17. The topological polar surface area (TPSA) is 68.6 Å². The molecule has 8 heteroatoms. The molecule has 2 aromatic heterocycles. The average molecular weight is 513 g/mol. The van der Waals surface area contributed by atoms with E-state index in [-0.39, 0.29) is 18.1 Å². The first kappa shape index (κ1) is 24.5. The van der Waals surface area contributed by atoms with Crippen LogP contribution in [0.25, 0.3) is 5.69 Å². The third kappa shape index (κ3) is 4.44. The summed E-state index contributed by atoms with van der Waals surface area (Å²) >= 11 is 5.87. The van der Waals surface area contributed by atoms with Gasteiger partial charge in [-0.25, -0.2) is 4.79 Å². The third-order valence-corrected chi connectivity index (χ3v) is 7.08. The maximum absolute atomic E-state index is 12.2. The van der Waals surface area contributed by atoms with E-state index < -0.39 is 0 Å². The van der Waals surface area contributed by atoms with E-state index in [1.54, 1.807) is 19.4 Å². The highest BCUT2D eigenvalue weighted by atomic mass is 32.1. The second-order valence-electron chi connectivity index (χ2n) is 8.90. The van der Waals surface area contributed by atoms with Gasteiger partial charge in [0.05, 0.1) is 37.6 Å². The number of ether oxygens (including phenoxy) is 2. The number of esters is 1. The van der Waals surface area contributed by atoms with Crippen LogP contribution in [0.1, 0.15) is 45.1 Å². The summed E-state index contributed by atoms with van der Waals surface area (Å²) in [5, 5.41) is 4.14. The van der Waals surface area contributed by atoms with Gasteiger partial charge in [-0.15, -0.1) is 0 Å². The number of aromatic nitrogens is 2. The molecule has 1 aliphatic rings. The van der Waals surface area contributed by atoms with Crippen LogP contribution < -0.4 is 15.0 Å². The van der Waals surface area contributed by atoms with Gasteiger partial charge >= 0.3 is 5.97 Å². The van der Waals surface area contributed by atoms with E-state index in [1.807, 2.05) is 60.7 Å². The summed E-state index contributed by atoms with van der Waals surface area (Å²) in [5.74, 6) is 0.416. The van der Waals surface area contributed by atoms with Crippen LogP contribution in [0.3, 0.4) is 0 Å². The van der Waals surface area contributed by atoms with Crippen molar-refractivity contribution in [2.75, 3.05) is 19.1 Å². The Morgan fingerprint density at radius 2 is 1.76 bits per heavy atom. The summed E-state index contributed by atoms with van der Waals surface area (Å²) in [7, 11) is 3.04. The number of rotatable bonds is 6. The molecule has 7 nitrogen and oxygen atoms in total. The molecule has 0 unspecified atom stereocenters. The van der Waals surface area contributed by atoms with Gasteiger partial charge in [0.15, 0.2) is 5.11 Å². The molecular formula is C29H28N4O3S. The number of hydrogen-bond donors (Lipinski definition) is 1. The number of carbonyl (C=O) groups excluding carboxylic acids is 1. The van der Waals surface area contributed by atoms with E-state index in [0.29, 0.717) is 10.7 Å². The van der Waals surface area contributed by atoms with Crippen LogP contribution in [0.5, 0.6) is 5.75 Å². The lowest BCUT2D eigenvalue weighted by molar-refractivity contribution is 0.0600.